The summed E-state index contributed by atoms with van der Waals surface area (Å²) < 4.78 is 0. The Bertz CT molecular complexity index is 190. The molecule has 0 atom stereocenters. The molecule has 0 fully saturated rings. The molecule has 5 nitrogen and oxygen atoms in total. The van der Waals surface area contributed by atoms with Crippen molar-refractivity contribution in [1.29, 1.82) is 0 Å². The predicted molar refractivity (Wildman–Crippen MR) is 54.4 cm³/mol. The van der Waals surface area contributed by atoms with E-state index in [1.54, 1.807) is 0 Å². The minimum atomic E-state index is -0.494. The minimum absolute atomic E-state index is 0.416. The van der Waals surface area contributed by atoms with Crippen molar-refractivity contribution >= 4 is 11.9 Å². The molecule has 0 amide bonds. The summed E-state index contributed by atoms with van der Waals surface area (Å²) in [6, 6.07) is 0. The molecule has 0 rings (SSSR count). The number of hydrogen-bond donors (Lipinski definition) is 0. The summed E-state index contributed by atoms with van der Waals surface area (Å²) in [5, 5.41) is 0.945. The third-order valence-electron chi connectivity index (χ3n) is 1.65. The van der Waals surface area contributed by atoms with Crippen LogP contribution < -0.4 is 0 Å². The Kier molecular flexibility index (Phi) is 7.62. The SMILES string of the molecule is CCCCCCN(OC(C)=O)OC(C)=O. The van der Waals surface area contributed by atoms with Crippen molar-refractivity contribution in [2.45, 2.75) is 46.5 Å². The van der Waals surface area contributed by atoms with Crippen LogP contribution in [0.25, 0.3) is 0 Å². The van der Waals surface area contributed by atoms with Crippen LogP contribution in [0.1, 0.15) is 46.5 Å². The van der Waals surface area contributed by atoms with E-state index in [9.17, 15) is 9.59 Å². The Hall–Kier alpha value is -1.10. The second-order valence-electron chi connectivity index (χ2n) is 3.28. The summed E-state index contributed by atoms with van der Waals surface area (Å²) in [6.07, 6.45) is 4.10. The number of hydrogen-bond acceptors (Lipinski definition) is 5. The molecule has 5 heteroatoms. The van der Waals surface area contributed by atoms with E-state index in [2.05, 4.69) is 6.92 Å². The van der Waals surface area contributed by atoms with E-state index in [1.165, 1.54) is 13.8 Å². The van der Waals surface area contributed by atoms with Crippen LogP contribution in [0.3, 0.4) is 0 Å². The molecule has 0 bridgehead atoms. The smallest absolute Gasteiger partial charge is 0.326 e. The zero-order valence-electron chi connectivity index (χ0n) is 9.62. The Morgan fingerprint density at radius 2 is 1.53 bits per heavy atom. The molecule has 88 valence electrons. The highest BCUT2D eigenvalue weighted by Crippen LogP contribution is 2.03. The molecule has 0 saturated heterocycles. The molecule has 0 aliphatic heterocycles. The van der Waals surface area contributed by atoms with Gasteiger partial charge in [-0.1, -0.05) is 26.2 Å². The number of unbranched alkanes of at least 4 members (excludes halogenated alkanes) is 3. The standard InChI is InChI=1S/C10H19NO4/c1-4-5-6-7-8-11(14-9(2)12)15-10(3)13/h4-8H2,1-3H3. The highest BCUT2D eigenvalue weighted by atomic mass is 17.0. The molecule has 0 unspecified atom stereocenters. The van der Waals surface area contributed by atoms with Crippen molar-refractivity contribution in [3.8, 4) is 0 Å². The van der Waals surface area contributed by atoms with Gasteiger partial charge >= 0.3 is 11.9 Å². The first-order valence-corrected chi connectivity index (χ1v) is 5.20. The summed E-state index contributed by atoms with van der Waals surface area (Å²) in [7, 11) is 0. The third-order valence-corrected chi connectivity index (χ3v) is 1.65. The van der Waals surface area contributed by atoms with Gasteiger partial charge in [0.25, 0.3) is 0 Å². The Balaban J connectivity index is 3.79. The molecule has 0 heterocycles. The van der Waals surface area contributed by atoms with Crippen LogP contribution in [0.15, 0.2) is 0 Å². The highest BCUT2D eigenvalue weighted by Gasteiger charge is 2.11. The van der Waals surface area contributed by atoms with Crippen LogP contribution in [0, 0.1) is 0 Å². The molecule has 0 spiro atoms. The van der Waals surface area contributed by atoms with E-state index in [0.717, 1.165) is 30.9 Å². The van der Waals surface area contributed by atoms with Crippen LogP contribution >= 0.6 is 0 Å². The average Bonchev–Trinajstić information content (AvgIpc) is 2.10. The van der Waals surface area contributed by atoms with Crippen LogP contribution in [0.2, 0.25) is 0 Å². The van der Waals surface area contributed by atoms with E-state index in [1.807, 2.05) is 0 Å². The first-order valence-electron chi connectivity index (χ1n) is 5.20. The maximum absolute atomic E-state index is 10.7. The van der Waals surface area contributed by atoms with Gasteiger partial charge in [-0.25, -0.2) is 0 Å². The molecule has 0 aromatic heterocycles. The van der Waals surface area contributed by atoms with Crippen LogP contribution in [-0.2, 0) is 19.3 Å². The predicted octanol–water partition coefficient (Wildman–Crippen LogP) is 1.82. The minimum Gasteiger partial charge on any atom is -0.333 e. The van der Waals surface area contributed by atoms with Gasteiger partial charge in [-0.2, -0.15) is 0 Å². The first-order chi connectivity index (χ1) is 7.06. The lowest BCUT2D eigenvalue weighted by Crippen LogP contribution is -2.29. The fourth-order valence-electron chi connectivity index (χ4n) is 1.06. The normalized spacial score (nSPS) is 10.1. The van der Waals surface area contributed by atoms with E-state index >= 15 is 0 Å². The van der Waals surface area contributed by atoms with E-state index in [0.29, 0.717) is 6.54 Å². The van der Waals surface area contributed by atoms with Gasteiger partial charge in [-0.3, -0.25) is 9.59 Å². The molecule has 0 aromatic rings. The van der Waals surface area contributed by atoms with Crippen LogP contribution in [0.4, 0.5) is 0 Å². The van der Waals surface area contributed by atoms with Crippen LogP contribution in [0.5, 0.6) is 0 Å². The summed E-state index contributed by atoms with van der Waals surface area (Å²) in [5.74, 6) is -0.988. The molecule has 0 aliphatic rings. The number of rotatable bonds is 7. The van der Waals surface area contributed by atoms with E-state index in [4.69, 9.17) is 9.68 Å². The summed E-state index contributed by atoms with van der Waals surface area (Å²) >= 11 is 0. The highest BCUT2D eigenvalue weighted by molar-refractivity contribution is 5.67. The Morgan fingerprint density at radius 3 is 1.93 bits per heavy atom. The molecule has 15 heavy (non-hydrogen) atoms. The topological polar surface area (TPSA) is 55.8 Å². The molecule has 0 aliphatic carbocycles. The molecule has 0 radical (unpaired) electrons. The molecule has 0 saturated carbocycles. The van der Waals surface area contributed by atoms with Gasteiger partial charge in [0.1, 0.15) is 0 Å². The van der Waals surface area contributed by atoms with Gasteiger partial charge in [-0.15, -0.1) is 0 Å². The van der Waals surface area contributed by atoms with Gasteiger partial charge in [0.05, 0.1) is 6.54 Å². The summed E-state index contributed by atoms with van der Waals surface area (Å²) in [5.41, 5.74) is 0. The Labute approximate surface area is 90.2 Å². The van der Waals surface area contributed by atoms with Crippen molar-refractivity contribution in [2.24, 2.45) is 0 Å². The fourth-order valence-corrected chi connectivity index (χ4v) is 1.06. The van der Waals surface area contributed by atoms with Gasteiger partial charge in [-0.05, 0) is 6.42 Å². The lowest BCUT2D eigenvalue weighted by atomic mass is 10.2. The van der Waals surface area contributed by atoms with Crippen molar-refractivity contribution in [2.75, 3.05) is 6.54 Å². The van der Waals surface area contributed by atoms with Gasteiger partial charge in [0.15, 0.2) is 0 Å². The number of nitrogens with zero attached hydrogens (tertiary/aromatic N) is 1. The average molecular weight is 217 g/mol. The van der Waals surface area contributed by atoms with Gasteiger partial charge < -0.3 is 9.68 Å². The van der Waals surface area contributed by atoms with Crippen molar-refractivity contribution < 1.29 is 19.3 Å². The molecule has 0 aromatic carbocycles. The number of carbonyl (C=O) groups excluding carboxylic acids is 2. The second-order valence-corrected chi connectivity index (χ2v) is 3.28. The molecule has 0 N–H and O–H groups in total. The van der Waals surface area contributed by atoms with Crippen molar-refractivity contribution in [3.63, 3.8) is 0 Å². The lowest BCUT2D eigenvalue weighted by Gasteiger charge is -2.17. The van der Waals surface area contributed by atoms with E-state index in [-0.39, 0.29) is 0 Å². The zero-order valence-corrected chi connectivity index (χ0v) is 9.62. The maximum atomic E-state index is 10.7. The first kappa shape index (κ1) is 13.9. The maximum Gasteiger partial charge on any atom is 0.326 e. The second kappa shape index (κ2) is 8.23. The van der Waals surface area contributed by atoms with Crippen molar-refractivity contribution in [3.05, 3.63) is 0 Å². The molecular formula is C10H19NO4. The van der Waals surface area contributed by atoms with Gasteiger partial charge in [0.2, 0.25) is 0 Å². The fraction of sp³-hybridized carbons (Fsp3) is 0.800. The summed E-state index contributed by atoms with van der Waals surface area (Å²) in [4.78, 5) is 30.7. The van der Waals surface area contributed by atoms with Crippen LogP contribution in [-0.4, -0.2) is 23.7 Å². The summed E-state index contributed by atoms with van der Waals surface area (Å²) in [6.45, 7) is 5.06. The van der Waals surface area contributed by atoms with E-state index < -0.39 is 11.9 Å². The third kappa shape index (κ3) is 9.21. The lowest BCUT2D eigenvalue weighted by molar-refractivity contribution is -0.323. The Morgan fingerprint density at radius 1 is 1.00 bits per heavy atom. The largest absolute Gasteiger partial charge is 0.333 e. The zero-order chi connectivity index (χ0) is 11.7. The monoisotopic (exact) mass is 217 g/mol. The quantitative estimate of drug-likeness (QED) is 0.481. The van der Waals surface area contributed by atoms with Gasteiger partial charge in [0, 0.05) is 19.1 Å². The van der Waals surface area contributed by atoms with Crippen molar-refractivity contribution in [1.82, 2.24) is 5.23 Å². The number of carbonyl (C=O) groups is 2. The number of hydroxylamine groups is 2. The molecular weight excluding hydrogens is 198 g/mol.